The van der Waals surface area contributed by atoms with Gasteiger partial charge in [-0.25, -0.2) is 0 Å². The van der Waals surface area contributed by atoms with Crippen LogP contribution < -0.4 is 10.2 Å². The lowest BCUT2D eigenvalue weighted by molar-refractivity contribution is -0.125. The molecule has 18 heavy (non-hydrogen) atoms. The summed E-state index contributed by atoms with van der Waals surface area (Å²) >= 11 is 9.45. The minimum atomic E-state index is -0.528. The van der Waals surface area contributed by atoms with Gasteiger partial charge in [-0.2, -0.15) is 0 Å². The van der Waals surface area contributed by atoms with Crippen molar-refractivity contribution in [2.75, 3.05) is 11.4 Å². The van der Waals surface area contributed by atoms with E-state index in [1.165, 1.54) is 0 Å². The zero-order chi connectivity index (χ0) is 13.3. The lowest BCUT2D eigenvalue weighted by Gasteiger charge is -2.23. The van der Waals surface area contributed by atoms with Crippen LogP contribution in [0.25, 0.3) is 0 Å². The summed E-state index contributed by atoms with van der Waals surface area (Å²) < 4.78 is 0.848. The molecule has 1 saturated heterocycles. The molecule has 2 amide bonds. The normalized spacial score (nSPS) is 20.6. The topological polar surface area (TPSA) is 49.4 Å². The smallest absolute Gasteiger partial charge is 0.249 e. The third-order valence-electron chi connectivity index (χ3n) is 2.78. The molecule has 1 unspecified atom stereocenters. The lowest BCUT2D eigenvalue weighted by atomic mass is 10.2. The number of nitrogens with zero attached hydrogens (tertiary/aromatic N) is 1. The summed E-state index contributed by atoms with van der Waals surface area (Å²) in [5, 5.41) is 3.13. The third-order valence-corrected chi connectivity index (χ3v) is 3.57. The van der Waals surface area contributed by atoms with Crippen molar-refractivity contribution in [2.24, 2.45) is 0 Å². The Balaban J connectivity index is 2.36. The molecule has 0 radical (unpaired) electrons. The van der Waals surface area contributed by atoms with Gasteiger partial charge in [-0.1, -0.05) is 27.5 Å². The zero-order valence-corrected chi connectivity index (χ0v) is 12.1. The van der Waals surface area contributed by atoms with Crippen LogP contribution in [-0.4, -0.2) is 24.4 Å². The van der Waals surface area contributed by atoms with E-state index >= 15 is 0 Å². The highest BCUT2D eigenvalue weighted by molar-refractivity contribution is 9.10. The molecule has 1 aromatic carbocycles. The van der Waals surface area contributed by atoms with Crippen LogP contribution in [0, 0.1) is 0 Å². The summed E-state index contributed by atoms with van der Waals surface area (Å²) in [6.07, 6.45) is 0.280. The first-order valence-corrected chi connectivity index (χ1v) is 6.72. The molecule has 0 bridgehead atoms. The first kappa shape index (κ1) is 13.4. The number of halogens is 2. The fraction of sp³-hybridized carbons (Fsp3) is 0.333. The summed E-state index contributed by atoms with van der Waals surface area (Å²) in [7, 11) is 0. The van der Waals surface area contributed by atoms with Gasteiger partial charge in [0.2, 0.25) is 11.8 Å². The number of hydrogen-bond acceptors (Lipinski definition) is 2. The third kappa shape index (κ3) is 2.67. The van der Waals surface area contributed by atoms with Gasteiger partial charge in [0.05, 0.1) is 10.7 Å². The molecule has 0 aliphatic carbocycles. The lowest BCUT2D eigenvalue weighted by Crippen LogP contribution is -2.42. The van der Waals surface area contributed by atoms with Crippen LogP contribution in [0.5, 0.6) is 0 Å². The van der Waals surface area contributed by atoms with E-state index in [4.69, 9.17) is 11.6 Å². The number of benzene rings is 1. The van der Waals surface area contributed by atoms with Crippen LogP contribution in [0.2, 0.25) is 5.02 Å². The van der Waals surface area contributed by atoms with Crippen molar-refractivity contribution in [3.05, 3.63) is 27.7 Å². The van der Waals surface area contributed by atoms with Gasteiger partial charge in [-0.05, 0) is 25.1 Å². The first-order valence-electron chi connectivity index (χ1n) is 5.55. The van der Waals surface area contributed by atoms with Crippen LogP contribution in [0.3, 0.4) is 0 Å². The predicted octanol–water partition coefficient (Wildman–Crippen LogP) is 2.34. The van der Waals surface area contributed by atoms with E-state index in [-0.39, 0.29) is 18.2 Å². The van der Waals surface area contributed by atoms with E-state index in [0.717, 1.165) is 4.47 Å². The van der Waals surface area contributed by atoms with Crippen molar-refractivity contribution >= 4 is 45.0 Å². The van der Waals surface area contributed by atoms with E-state index in [1.54, 1.807) is 24.0 Å². The van der Waals surface area contributed by atoms with Crippen molar-refractivity contribution in [3.63, 3.8) is 0 Å². The Morgan fingerprint density at radius 2 is 2.17 bits per heavy atom. The van der Waals surface area contributed by atoms with Gasteiger partial charge in [0.15, 0.2) is 0 Å². The summed E-state index contributed by atoms with van der Waals surface area (Å²) in [6.45, 7) is 2.02. The minimum absolute atomic E-state index is 0.119. The second-order valence-corrected chi connectivity index (χ2v) is 5.45. The monoisotopic (exact) mass is 330 g/mol. The van der Waals surface area contributed by atoms with Gasteiger partial charge in [0, 0.05) is 17.4 Å². The molecule has 0 aromatic heterocycles. The van der Waals surface area contributed by atoms with Gasteiger partial charge >= 0.3 is 0 Å². The number of nitrogens with one attached hydrogen (secondary N) is 1. The average molecular weight is 332 g/mol. The molecular formula is C12H12BrClN2O2. The molecule has 1 heterocycles. The zero-order valence-electron chi connectivity index (χ0n) is 9.74. The molecule has 6 heteroatoms. The largest absolute Gasteiger partial charge is 0.345 e. The Labute approximate surface area is 118 Å². The Bertz CT molecular complexity index is 507. The van der Waals surface area contributed by atoms with Gasteiger partial charge in [0.1, 0.15) is 6.04 Å². The van der Waals surface area contributed by atoms with Crippen molar-refractivity contribution in [2.45, 2.75) is 19.4 Å². The Kier molecular flexibility index (Phi) is 3.92. The fourth-order valence-corrected chi connectivity index (χ4v) is 2.65. The maximum absolute atomic E-state index is 12.2. The number of hydrogen-bond donors (Lipinski definition) is 1. The molecule has 1 atom stereocenters. The van der Waals surface area contributed by atoms with Gasteiger partial charge in [-0.3, -0.25) is 9.59 Å². The van der Waals surface area contributed by atoms with E-state index in [0.29, 0.717) is 17.3 Å². The molecule has 1 aliphatic heterocycles. The highest BCUT2D eigenvalue weighted by Crippen LogP contribution is 2.30. The van der Waals surface area contributed by atoms with Crippen LogP contribution in [-0.2, 0) is 9.59 Å². The number of anilines is 1. The summed E-state index contributed by atoms with van der Waals surface area (Å²) in [5.74, 6) is -0.267. The average Bonchev–Trinajstić information content (AvgIpc) is 2.41. The number of rotatable bonds is 1. The van der Waals surface area contributed by atoms with Crippen molar-refractivity contribution in [1.29, 1.82) is 0 Å². The fourth-order valence-electron chi connectivity index (χ4n) is 1.87. The molecule has 2 rings (SSSR count). The summed E-state index contributed by atoms with van der Waals surface area (Å²) in [6, 6.07) is 4.79. The summed E-state index contributed by atoms with van der Waals surface area (Å²) in [5.41, 5.74) is 0.633. The SMILES string of the molecule is CC1NC(=O)CCN(c2ccc(Br)cc2Cl)C1=O. The van der Waals surface area contributed by atoms with Gasteiger partial charge < -0.3 is 10.2 Å². The quantitative estimate of drug-likeness (QED) is 0.859. The molecule has 4 nitrogen and oxygen atoms in total. The van der Waals surface area contributed by atoms with E-state index in [9.17, 15) is 9.59 Å². The van der Waals surface area contributed by atoms with Gasteiger partial charge in [0.25, 0.3) is 0 Å². The standard InChI is InChI=1S/C12H12BrClN2O2/c1-7-12(18)16(5-4-11(17)15-7)10-3-2-8(13)6-9(10)14/h2-3,6-7H,4-5H2,1H3,(H,15,17). The Hall–Kier alpha value is -1.07. The highest BCUT2D eigenvalue weighted by Gasteiger charge is 2.28. The molecule has 0 saturated carbocycles. The Morgan fingerprint density at radius 1 is 1.44 bits per heavy atom. The molecule has 1 fully saturated rings. The molecule has 1 aliphatic rings. The van der Waals surface area contributed by atoms with E-state index in [2.05, 4.69) is 21.2 Å². The second kappa shape index (κ2) is 5.28. The Morgan fingerprint density at radius 3 is 2.83 bits per heavy atom. The van der Waals surface area contributed by atoms with Gasteiger partial charge in [-0.15, -0.1) is 0 Å². The molecule has 1 aromatic rings. The molecule has 96 valence electrons. The second-order valence-electron chi connectivity index (χ2n) is 4.12. The first-order chi connectivity index (χ1) is 8.49. The number of carbonyl (C=O) groups excluding carboxylic acids is 2. The molecule has 0 spiro atoms. The van der Waals surface area contributed by atoms with Crippen molar-refractivity contribution in [1.82, 2.24) is 5.32 Å². The van der Waals surface area contributed by atoms with Crippen LogP contribution >= 0.6 is 27.5 Å². The maximum atomic E-state index is 12.2. The van der Waals surface area contributed by atoms with Crippen LogP contribution in [0.15, 0.2) is 22.7 Å². The number of carbonyl (C=O) groups is 2. The van der Waals surface area contributed by atoms with E-state index in [1.807, 2.05) is 6.07 Å². The van der Waals surface area contributed by atoms with Crippen LogP contribution in [0.1, 0.15) is 13.3 Å². The maximum Gasteiger partial charge on any atom is 0.249 e. The van der Waals surface area contributed by atoms with Crippen molar-refractivity contribution < 1.29 is 9.59 Å². The minimum Gasteiger partial charge on any atom is -0.345 e. The molecule has 1 N–H and O–H groups in total. The highest BCUT2D eigenvalue weighted by atomic mass is 79.9. The van der Waals surface area contributed by atoms with E-state index < -0.39 is 6.04 Å². The number of amides is 2. The van der Waals surface area contributed by atoms with Crippen LogP contribution in [0.4, 0.5) is 5.69 Å². The molecular weight excluding hydrogens is 320 g/mol. The predicted molar refractivity (Wildman–Crippen MR) is 73.7 cm³/mol. The summed E-state index contributed by atoms with van der Waals surface area (Å²) in [4.78, 5) is 25.1. The van der Waals surface area contributed by atoms with Crippen molar-refractivity contribution in [3.8, 4) is 0 Å².